The second-order valence-corrected chi connectivity index (χ2v) is 5.77. The van der Waals surface area contributed by atoms with E-state index in [0.717, 1.165) is 11.3 Å². The van der Waals surface area contributed by atoms with E-state index in [-0.39, 0.29) is 5.69 Å². The normalized spacial score (nSPS) is 10.4. The molecule has 25 heavy (non-hydrogen) atoms. The molecule has 126 valence electrons. The minimum absolute atomic E-state index is 0.127. The van der Waals surface area contributed by atoms with Crippen LogP contribution in [0.3, 0.4) is 0 Å². The van der Waals surface area contributed by atoms with Crippen molar-refractivity contribution in [2.45, 2.75) is 6.92 Å². The predicted molar refractivity (Wildman–Crippen MR) is 95.9 cm³/mol. The molecule has 0 spiro atoms. The Balaban J connectivity index is 1.70. The van der Waals surface area contributed by atoms with Crippen molar-refractivity contribution in [2.75, 3.05) is 10.6 Å². The van der Waals surface area contributed by atoms with Crippen molar-refractivity contribution in [1.82, 2.24) is 9.97 Å². The lowest BCUT2D eigenvalue weighted by atomic mass is 10.2. The van der Waals surface area contributed by atoms with Gasteiger partial charge in [0.05, 0.1) is 12.4 Å². The van der Waals surface area contributed by atoms with Gasteiger partial charge in [-0.1, -0.05) is 17.7 Å². The highest BCUT2D eigenvalue weighted by atomic mass is 35.5. The number of hydrogen-bond donors (Lipinski definition) is 2. The van der Waals surface area contributed by atoms with Gasteiger partial charge in [0, 0.05) is 16.4 Å². The van der Waals surface area contributed by atoms with Gasteiger partial charge in [-0.2, -0.15) is 0 Å². The second kappa shape index (κ2) is 7.27. The lowest BCUT2D eigenvalue weighted by molar-refractivity contribution is 0.102. The van der Waals surface area contributed by atoms with Gasteiger partial charge in [-0.15, -0.1) is 0 Å². The third kappa shape index (κ3) is 4.30. The van der Waals surface area contributed by atoms with Crippen LogP contribution in [0.15, 0.2) is 54.9 Å². The van der Waals surface area contributed by atoms with Crippen molar-refractivity contribution < 1.29 is 9.18 Å². The zero-order valence-corrected chi connectivity index (χ0v) is 14.0. The molecule has 3 aromatic rings. The summed E-state index contributed by atoms with van der Waals surface area (Å²) in [7, 11) is 0. The Morgan fingerprint density at radius 1 is 1.12 bits per heavy atom. The fourth-order valence-corrected chi connectivity index (χ4v) is 2.40. The summed E-state index contributed by atoms with van der Waals surface area (Å²) < 4.78 is 13.1. The number of aromatic nitrogens is 2. The van der Waals surface area contributed by atoms with E-state index in [2.05, 4.69) is 20.6 Å². The summed E-state index contributed by atoms with van der Waals surface area (Å²) in [6.45, 7) is 1.92. The number of aryl methyl sites for hydroxylation is 1. The lowest BCUT2D eigenvalue weighted by Crippen LogP contribution is -2.14. The van der Waals surface area contributed by atoms with Gasteiger partial charge in [-0.3, -0.25) is 4.79 Å². The van der Waals surface area contributed by atoms with Crippen molar-refractivity contribution in [3.05, 3.63) is 77.0 Å². The lowest BCUT2D eigenvalue weighted by Gasteiger charge is -2.09. The van der Waals surface area contributed by atoms with E-state index in [1.807, 2.05) is 19.1 Å². The highest BCUT2D eigenvalue weighted by Crippen LogP contribution is 2.22. The van der Waals surface area contributed by atoms with E-state index in [9.17, 15) is 9.18 Å². The first-order valence-corrected chi connectivity index (χ1v) is 7.81. The molecule has 0 radical (unpaired) electrons. The maximum absolute atomic E-state index is 13.1. The fourth-order valence-electron chi connectivity index (χ4n) is 2.18. The van der Waals surface area contributed by atoms with Crippen molar-refractivity contribution in [2.24, 2.45) is 0 Å². The maximum atomic E-state index is 13.1. The molecule has 0 saturated heterocycles. The summed E-state index contributed by atoms with van der Waals surface area (Å²) in [4.78, 5) is 20.4. The molecule has 0 fully saturated rings. The summed E-state index contributed by atoms with van der Waals surface area (Å²) in [5, 5.41) is 6.33. The van der Waals surface area contributed by atoms with Crippen LogP contribution >= 0.6 is 11.6 Å². The molecule has 0 atom stereocenters. The number of hydrogen-bond acceptors (Lipinski definition) is 4. The van der Waals surface area contributed by atoms with Gasteiger partial charge in [0.1, 0.15) is 17.3 Å². The number of amides is 1. The predicted octanol–water partition coefficient (Wildman–Crippen LogP) is 4.57. The van der Waals surface area contributed by atoms with E-state index in [0.29, 0.717) is 16.5 Å². The molecule has 0 bridgehead atoms. The highest BCUT2D eigenvalue weighted by molar-refractivity contribution is 6.30. The standard InChI is InChI=1S/C18H14ClFN4O/c1-11-7-12(19)5-6-15(11)24-17-10-21-16(9-22-17)18(25)23-14-4-2-3-13(20)8-14/h2-10H,1H3,(H,22,24)(H,23,25). The minimum Gasteiger partial charge on any atom is -0.339 e. The summed E-state index contributed by atoms with van der Waals surface area (Å²) in [5.41, 5.74) is 2.28. The molecule has 2 aromatic carbocycles. The number of carbonyl (C=O) groups is 1. The fraction of sp³-hybridized carbons (Fsp3) is 0.0556. The van der Waals surface area contributed by atoms with Crippen molar-refractivity contribution in [3.8, 4) is 0 Å². The molecule has 5 nitrogen and oxygen atoms in total. The molecular formula is C18H14ClFN4O. The number of benzene rings is 2. The van der Waals surface area contributed by atoms with Crippen molar-refractivity contribution in [3.63, 3.8) is 0 Å². The number of carbonyl (C=O) groups excluding carboxylic acids is 1. The van der Waals surface area contributed by atoms with Gasteiger partial charge < -0.3 is 10.6 Å². The van der Waals surface area contributed by atoms with E-state index in [1.165, 1.54) is 30.6 Å². The Kier molecular flexibility index (Phi) is 4.90. The van der Waals surface area contributed by atoms with Crippen LogP contribution in [0.5, 0.6) is 0 Å². The van der Waals surface area contributed by atoms with Crippen LogP contribution in [0, 0.1) is 12.7 Å². The number of nitrogens with one attached hydrogen (secondary N) is 2. The largest absolute Gasteiger partial charge is 0.339 e. The number of rotatable bonds is 4. The van der Waals surface area contributed by atoms with Crippen LogP contribution in [-0.4, -0.2) is 15.9 Å². The molecule has 7 heteroatoms. The number of anilines is 3. The number of halogens is 2. The van der Waals surface area contributed by atoms with Crippen molar-refractivity contribution in [1.29, 1.82) is 0 Å². The maximum Gasteiger partial charge on any atom is 0.275 e. The van der Waals surface area contributed by atoms with Crippen LogP contribution in [0.2, 0.25) is 5.02 Å². The average Bonchev–Trinajstić information content (AvgIpc) is 2.58. The molecular weight excluding hydrogens is 343 g/mol. The first-order chi connectivity index (χ1) is 12.0. The third-order valence-electron chi connectivity index (χ3n) is 3.42. The minimum atomic E-state index is -0.465. The van der Waals surface area contributed by atoms with Crippen LogP contribution in [0.1, 0.15) is 16.1 Å². The third-order valence-corrected chi connectivity index (χ3v) is 3.65. The summed E-state index contributed by atoms with van der Waals surface area (Å²) in [6, 6.07) is 11.1. The SMILES string of the molecule is Cc1cc(Cl)ccc1Nc1cnc(C(=O)Nc2cccc(F)c2)cn1. The van der Waals surface area contributed by atoms with E-state index in [4.69, 9.17) is 11.6 Å². The Bertz CT molecular complexity index is 915. The summed E-state index contributed by atoms with van der Waals surface area (Å²) in [5.74, 6) is -0.401. The Hall–Kier alpha value is -2.99. The summed E-state index contributed by atoms with van der Waals surface area (Å²) >= 11 is 5.93. The summed E-state index contributed by atoms with van der Waals surface area (Å²) in [6.07, 6.45) is 2.80. The molecule has 0 saturated carbocycles. The highest BCUT2D eigenvalue weighted by Gasteiger charge is 2.09. The van der Waals surface area contributed by atoms with Crippen LogP contribution in [-0.2, 0) is 0 Å². The molecule has 1 aromatic heterocycles. The van der Waals surface area contributed by atoms with Gasteiger partial charge in [0.15, 0.2) is 0 Å². The van der Waals surface area contributed by atoms with E-state index >= 15 is 0 Å². The Morgan fingerprint density at radius 2 is 1.96 bits per heavy atom. The molecule has 0 unspecified atom stereocenters. The molecule has 0 aliphatic carbocycles. The molecule has 2 N–H and O–H groups in total. The zero-order chi connectivity index (χ0) is 17.8. The second-order valence-electron chi connectivity index (χ2n) is 5.34. The van der Waals surface area contributed by atoms with Crippen LogP contribution < -0.4 is 10.6 Å². The Labute approximate surface area is 148 Å². The average molecular weight is 357 g/mol. The first-order valence-electron chi connectivity index (χ1n) is 7.43. The molecule has 3 rings (SSSR count). The van der Waals surface area contributed by atoms with Crippen LogP contribution in [0.25, 0.3) is 0 Å². The molecule has 0 aliphatic rings. The quantitative estimate of drug-likeness (QED) is 0.718. The van der Waals surface area contributed by atoms with Gasteiger partial charge in [-0.25, -0.2) is 14.4 Å². The smallest absolute Gasteiger partial charge is 0.275 e. The van der Waals surface area contributed by atoms with Gasteiger partial charge in [0.25, 0.3) is 5.91 Å². The molecule has 0 aliphatic heterocycles. The number of nitrogens with zero attached hydrogens (tertiary/aromatic N) is 2. The van der Waals surface area contributed by atoms with Gasteiger partial charge >= 0.3 is 0 Å². The van der Waals surface area contributed by atoms with Crippen LogP contribution in [0.4, 0.5) is 21.6 Å². The van der Waals surface area contributed by atoms with Crippen molar-refractivity contribution >= 4 is 34.7 Å². The Morgan fingerprint density at radius 3 is 2.64 bits per heavy atom. The molecule has 1 amide bonds. The zero-order valence-electron chi connectivity index (χ0n) is 13.3. The monoisotopic (exact) mass is 356 g/mol. The van der Waals surface area contributed by atoms with Gasteiger partial charge in [0.2, 0.25) is 0 Å². The molecule has 1 heterocycles. The van der Waals surface area contributed by atoms with E-state index in [1.54, 1.807) is 12.1 Å². The van der Waals surface area contributed by atoms with E-state index < -0.39 is 11.7 Å². The topological polar surface area (TPSA) is 66.9 Å². The first kappa shape index (κ1) is 16.9. The van der Waals surface area contributed by atoms with Gasteiger partial charge in [-0.05, 0) is 48.9 Å².